The van der Waals surface area contributed by atoms with E-state index in [1.807, 2.05) is 0 Å². The van der Waals surface area contributed by atoms with Gasteiger partial charge in [0.25, 0.3) is 0 Å². The number of unbranched alkanes of at least 4 members (excludes halogenated alkanes) is 29. The Morgan fingerprint density at radius 3 is 0.976 bits per heavy atom. The Kier molecular flexibility index (Phi) is 55.3. The minimum atomic E-state index is -4.95. The maximum atomic E-state index is 13.0. The van der Waals surface area contributed by atoms with Gasteiger partial charge in [-0.25, -0.2) is 9.13 Å². The minimum Gasteiger partial charge on any atom is -0.462 e. The number of carbonyl (C=O) groups excluding carboxylic acids is 4. The molecule has 0 aliphatic rings. The van der Waals surface area contributed by atoms with Gasteiger partial charge in [-0.15, -0.1) is 0 Å². The van der Waals surface area contributed by atoms with Crippen molar-refractivity contribution < 1.29 is 80.2 Å². The predicted molar refractivity (Wildman–Crippen MR) is 335 cm³/mol. The molecule has 494 valence electrons. The van der Waals surface area contributed by atoms with Crippen LogP contribution in [0.15, 0.2) is 24.3 Å². The molecule has 0 rings (SSSR count). The van der Waals surface area contributed by atoms with Gasteiger partial charge >= 0.3 is 39.5 Å². The van der Waals surface area contributed by atoms with Crippen molar-refractivity contribution >= 4 is 39.5 Å². The zero-order valence-corrected chi connectivity index (χ0v) is 55.5. The lowest BCUT2D eigenvalue weighted by molar-refractivity contribution is -0.161. The van der Waals surface area contributed by atoms with Gasteiger partial charge in [-0.3, -0.25) is 37.3 Å². The van der Waals surface area contributed by atoms with Gasteiger partial charge in [0.15, 0.2) is 12.2 Å². The van der Waals surface area contributed by atoms with Crippen LogP contribution in [0.2, 0.25) is 0 Å². The lowest BCUT2D eigenvalue weighted by Crippen LogP contribution is -2.30. The molecule has 0 bridgehead atoms. The summed E-state index contributed by atoms with van der Waals surface area (Å²) in [5.41, 5.74) is 0. The Morgan fingerprint density at radius 2 is 0.643 bits per heavy atom. The van der Waals surface area contributed by atoms with E-state index >= 15 is 0 Å². The van der Waals surface area contributed by atoms with Crippen LogP contribution in [-0.4, -0.2) is 96.7 Å². The normalized spacial score (nSPS) is 14.5. The summed E-state index contributed by atoms with van der Waals surface area (Å²) < 4.78 is 67.8. The molecule has 19 heteroatoms. The molecular formula is C65H122O17P2. The third kappa shape index (κ3) is 58.6. The molecule has 0 aromatic carbocycles. The zero-order chi connectivity index (χ0) is 62.2. The second kappa shape index (κ2) is 57.0. The molecule has 0 fully saturated rings. The van der Waals surface area contributed by atoms with Crippen LogP contribution in [0.1, 0.15) is 298 Å². The first-order valence-electron chi connectivity index (χ1n) is 33.3. The highest BCUT2D eigenvalue weighted by Crippen LogP contribution is 2.45. The van der Waals surface area contributed by atoms with E-state index < -0.39 is 97.5 Å². The van der Waals surface area contributed by atoms with Crippen molar-refractivity contribution in [1.29, 1.82) is 0 Å². The van der Waals surface area contributed by atoms with E-state index in [-0.39, 0.29) is 25.7 Å². The van der Waals surface area contributed by atoms with Crippen LogP contribution in [0.5, 0.6) is 0 Å². The summed E-state index contributed by atoms with van der Waals surface area (Å²) in [6.45, 7) is 9.26. The Balaban J connectivity index is 5.21. The average molecular weight is 1240 g/mol. The Bertz CT molecular complexity index is 1740. The number of hydrogen-bond donors (Lipinski definition) is 3. The van der Waals surface area contributed by atoms with Crippen molar-refractivity contribution in [2.24, 2.45) is 11.8 Å². The molecule has 0 aliphatic carbocycles. The quantitative estimate of drug-likeness (QED) is 0.0169. The van der Waals surface area contributed by atoms with Gasteiger partial charge in [-0.05, 0) is 63.2 Å². The van der Waals surface area contributed by atoms with Crippen LogP contribution in [0.25, 0.3) is 0 Å². The van der Waals surface area contributed by atoms with Gasteiger partial charge in [-0.1, -0.05) is 246 Å². The van der Waals surface area contributed by atoms with Crippen LogP contribution in [0, 0.1) is 11.8 Å². The SMILES string of the molecule is CCCCCC/C=C\C=C/CCCCCCCC(=O)O[C@H](COC(=O)CCCCCCCCCCCCCCC(C)C)COP(=O)(O)OC[C@@H](O)COP(=O)(O)OC[C@@H](COC(=O)CCCCCCC)OC(=O)CCCCCCCCC(C)C. The highest BCUT2D eigenvalue weighted by molar-refractivity contribution is 7.47. The summed E-state index contributed by atoms with van der Waals surface area (Å²) >= 11 is 0. The molecule has 0 heterocycles. The monoisotopic (exact) mass is 1240 g/mol. The average Bonchev–Trinajstić information content (AvgIpc) is 3.51. The summed E-state index contributed by atoms with van der Waals surface area (Å²) in [4.78, 5) is 72.0. The number of hydrogen-bond acceptors (Lipinski definition) is 15. The fourth-order valence-corrected chi connectivity index (χ4v) is 10.7. The van der Waals surface area contributed by atoms with E-state index in [9.17, 15) is 43.2 Å². The smallest absolute Gasteiger partial charge is 0.462 e. The summed E-state index contributed by atoms with van der Waals surface area (Å²) in [5, 5.41) is 10.5. The number of aliphatic hydroxyl groups excluding tert-OH is 1. The highest BCUT2D eigenvalue weighted by Gasteiger charge is 2.30. The highest BCUT2D eigenvalue weighted by atomic mass is 31.2. The number of rotatable bonds is 62. The molecule has 17 nitrogen and oxygen atoms in total. The summed E-state index contributed by atoms with van der Waals surface area (Å²) in [6, 6.07) is 0. The van der Waals surface area contributed by atoms with Crippen molar-refractivity contribution in [3.05, 3.63) is 24.3 Å². The Morgan fingerprint density at radius 1 is 0.369 bits per heavy atom. The third-order valence-corrected chi connectivity index (χ3v) is 16.2. The first-order chi connectivity index (χ1) is 40.4. The Hall–Kier alpha value is -2.46. The molecular weight excluding hydrogens is 1110 g/mol. The van der Waals surface area contributed by atoms with Gasteiger partial charge in [-0.2, -0.15) is 0 Å². The largest absolute Gasteiger partial charge is 0.472 e. The molecule has 0 saturated heterocycles. The molecule has 0 amide bonds. The number of ether oxygens (including phenoxy) is 4. The van der Waals surface area contributed by atoms with E-state index in [1.165, 1.54) is 96.3 Å². The van der Waals surface area contributed by atoms with Crippen LogP contribution in [-0.2, 0) is 65.4 Å². The molecule has 0 aliphatic heterocycles. The number of phosphoric ester groups is 2. The van der Waals surface area contributed by atoms with Crippen LogP contribution >= 0.6 is 15.6 Å². The summed E-state index contributed by atoms with van der Waals surface area (Å²) in [6.07, 6.45) is 43.1. The number of carbonyl (C=O) groups is 4. The molecule has 0 radical (unpaired) electrons. The van der Waals surface area contributed by atoms with Crippen molar-refractivity contribution in [3.63, 3.8) is 0 Å². The van der Waals surface area contributed by atoms with Crippen molar-refractivity contribution in [3.8, 4) is 0 Å². The Labute approximate surface area is 510 Å². The van der Waals surface area contributed by atoms with Gasteiger partial charge in [0.2, 0.25) is 0 Å². The summed E-state index contributed by atoms with van der Waals surface area (Å²) in [7, 11) is -9.89. The molecule has 0 spiro atoms. The first kappa shape index (κ1) is 81.5. The second-order valence-corrected chi connectivity index (χ2v) is 26.7. The van der Waals surface area contributed by atoms with Gasteiger partial charge in [0.05, 0.1) is 26.4 Å². The summed E-state index contributed by atoms with van der Waals surface area (Å²) in [5.74, 6) is -0.730. The number of phosphoric acid groups is 2. The standard InChI is InChI=1S/C65H122O17P2/c1-7-9-11-13-14-15-16-17-18-19-24-27-30-37-43-49-64(69)81-61(54-76-63(68)48-42-36-29-26-23-21-20-22-25-28-34-39-45-57(3)4)56-80-84(73,74)78-52-59(66)51-77-83(71,72)79-55-60(53-75-62(67)47-41-33-12-10-8-2)82-65(70)50-44-38-32-31-35-40-46-58(5)6/h15-18,57-61,66H,7-14,19-56H2,1-6H3,(H,71,72)(H,73,74)/b16-15-,18-17-/t59-,60+,61+/m0/s1. The van der Waals surface area contributed by atoms with E-state index in [2.05, 4.69) is 65.8 Å². The molecule has 84 heavy (non-hydrogen) atoms. The van der Waals surface area contributed by atoms with Crippen LogP contribution < -0.4 is 0 Å². The van der Waals surface area contributed by atoms with Crippen LogP contribution in [0.4, 0.5) is 0 Å². The van der Waals surface area contributed by atoms with E-state index in [0.29, 0.717) is 31.6 Å². The van der Waals surface area contributed by atoms with E-state index in [1.54, 1.807) is 0 Å². The van der Waals surface area contributed by atoms with Crippen LogP contribution in [0.3, 0.4) is 0 Å². The zero-order valence-electron chi connectivity index (χ0n) is 53.7. The molecule has 0 aromatic heterocycles. The van der Waals surface area contributed by atoms with Crippen molar-refractivity contribution in [2.75, 3.05) is 39.6 Å². The van der Waals surface area contributed by atoms with Crippen molar-refractivity contribution in [2.45, 2.75) is 317 Å². The first-order valence-corrected chi connectivity index (χ1v) is 36.3. The van der Waals surface area contributed by atoms with Gasteiger partial charge < -0.3 is 33.8 Å². The fraction of sp³-hybridized carbons (Fsp3) is 0.877. The molecule has 0 aromatic rings. The maximum absolute atomic E-state index is 13.0. The minimum absolute atomic E-state index is 0.0845. The van der Waals surface area contributed by atoms with E-state index in [0.717, 1.165) is 115 Å². The fourth-order valence-electron chi connectivity index (χ4n) is 9.17. The lowest BCUT2D eigenvalue weighted by Gasteiger charge is -2.21. The van der Waals surface area contributed by atoms with Gasteiger partial charge in [0.1, 0.15) is 19.3 Å². The molecule has 0 saturated carbocycles. The van der Waals surface area contributed by atoms with Crippen molar-refractivity contribution in [1.82, 2.24) is 0 Å². The predicted octanol–water partition coefficient (Wildman–Crippen LogP) is 17.6. The van der Waals surface area contributed by atoms with Gasteiger partial charge in [0, 0.05) is 25.7 Å². The molecule has 5 atom stereocenters. The van der Waals surface area contributed by atoms with E-state index in [4.69, 9.17) is 37.0 Å². The molecule has 3 N–H and O–H groups in total. The lowest BCUT2D eigenvalue weighted by atomic mass is 10.0. The third-order valence-electron chi connectivity index (χ3n) is 14.3. The number of esters is 4. The number of allylic oxidation sites excluding steroid dienone is 4. The maximum Gasteiger partial charge on any atom is 0.472 e. The second-order valence-electron chi connectivity index (χ2n) is 23.8. The topological polar surface area (TPSA) is 237 Å². The molecule has 2 unspecified atom stereocenters. The number of aliphatic hydroxyl groups is 1.